The SMILES string of the molecule is CCOc1ccccc1NC(=O)COC(=O)c1ccc(Cl)s1. The van der Waals surface area contributed by atoms with Crippen molar-refractivity contribution in [3.8, 4) is 5.75 Å². The first kappa shape index (κ1) is 16.3. The van der Waals surface area contributed by atoms with Crippen LogP contribution in [-0.2, 0) is 9.53 Å². The van der Waals surface area contributed by atoms with E-state index in [9.17, 15) is 9.59 Å². The Morgan fingerprint density at radius 3 is 2.68 bits per heavy atom. The summed E-state index contributed by atoms with van der Waals surface area (Å²) in [6, 6.07) is 10.2. The lowest BCUT2D eigenvalue weighted by atomic mass is 10.3. The van der Waals surface area contributed by atoms with Crippen LogP contribution in [0.5, 0.6) is 5.75 Å². The van der Waals surface area contributed by atoms with Crippen LogP contribution >= 0.6 is 22.9 Å². The summed E-state index contributed by atoms with van der Waals surface area (Å²) in [5, 5.41) is 2.64. The minimum absolute atomic E-state index is 0.354. The number of para-hydroxylation sites is 2. The van der Waals surface area contributed by atoms with Crippen molar-refractivity contribution in [2.24, 2.45) is 0 Å². The normalized spacial score (nSPS) is 10.1. The highest BCUT2D eigenvalue weighted by Gasteiger charge is 2.13. The first-order chi connectivity index (χ1) is 10.6. The molecule has 0 fully saturated rings. The lowest BCUT2D eigenvalue weighted by molar-refractivity contribution is -0.119. The second-order valence-electron chi connectivity index (χ2n) is 4.16. The number of hydrogen-bond acceptors (Lipinski definition) is 5. The van der Waals surface area contributed by atoms with E-state index in [0.29, 0.717) is 27.3 Å². The molecule has 2 aromatic rings. The van der Waals surface area contributed by atoms with Gasteiger partial charge >= 0.3 is 5.97 Å². The highest BCUT2D eigenvalue weighted by atomic mass is 35.5. The summed E-state index contributed by atoms with van der Waals surface area (Å²) < 4.78 is 10.8. The number of anilines is 1. The van der Waals surface area contributed by atoms with E-state index < -0.39 is 11.9 Å². The standard InChI is InChI=1S/C15H14ClNO4S/c1-2-20-11-6-4-3-5-10(11)17-14(18)9-21-15(19)12-7-8-13(16)22-12/h3-8H,2,9H2,1H3,(H,17,18). The van der Waals surface area contributed by atoms with Crippen molar-refractivity contribution in [3.05, 3.63) is 45.6 Å². The van der Waals surface area contributed by atoms with E-state index in [1.807, 2.05) is 6.92 Å². The van der Waals surface area contributed by atoms with Crippen LogP contribution in [0, 0.1) is 0 Å². The van der Waals surface area contributed by atoms with E-state index >= 15 is 0 Å². The van der Waals surface area contributed by atoms with Gasteiger partial charge in [0.2, 0.25) is 0 Å². The first-order valence-corrected chi connectivity index (χ1v) is 7.73. The van der Waals surface area contributed by atoms with Crippen LogP contribution < -0.4 is 10.1 Å². The molecule has 0 spiro atoms. The van der Waals surface area contributed by atoms with Gasteiger partial charge < -0.3 is 14.8 Å². The summed E-state index contributed by atoms with van der Waals surface area (Å²) in [4.78, 5) is 23.9. The summed E-state index contributed by atoms with van der Waals surface area (Å²) >= 11 is 6.84. The molecule has 1 amide bonds. The van der Waals surface area contributed by atoms with E-state index in [4.69, 9.17) is 21.1 Å². The molecule has 0 bridgehead atoms. The number of esters is 1. The molecule has 1 aromatic heterocycles. The third-order valence-corrected chi connectivity index (χ3v) is 3.78. The third-order valence-electron chi connectivity index (χ3n) is 2.57. The van der Waals surface area contributed by atoms with Gasteiger partial charge in [-0.15, -0.1) is 11.3 Å². The van der Waals surface area contributed by atoms with Crippen molar-refractivity contribution in [1.29, 1.82) is 0 Å². The van der Waals surface area contributed by atoms with E-state index in [1.165, 1.54) is 0 Å². The van der Waals surface area contributed by atoms with Crippen LogP contribution in [0.1, 0.15) is 16.6 Å². The number of benzene rings is 1. The van der Waals surface area contributed by atoms with Gasteiger partial charge in [-0.3, -0.25) is 4.79 Å². The van der Waals surface area contributed by atoms with Crippen molar-refractivity contribution in [3.63, 3.8) is 0 Å². The number of thiophene rings is 1. The molecule has 0 saturated heterocycles. The number of rotatable bonds is 6. The van der Waals surface area contributed by atoms with Crippen molar-refractivity contribution < 1.29 is 19.1 Å². The molecule has 0 aliphatic carbocycles. The molecule has 0 saturated carbocycles. The number of carbonyl (C=O) groups excluding carboxylic acids is 2. The Morgan fingerprint density at radius 2 is 2.00 bits per heavy atom. The maximum Gasteiger partial charge on any atom is 0.348 e. The van der Waals surface area contributed by atoms with Gasteiger partial charge in [-0.2, -0.15) is 0 Å². The molecule has 0 aliphatic rings. The van der Waals surface area contributed by atoms with E-state index in [0.717, 1.165) is 11.3 Å². The fourth-order valence-electron chi connectivity index (χ4n) is 1.66. The largest absolute Gasteiger partial charge is 0.492 e. The zero-order chi connectivity index (χ0) is 15.9. The summed E-state index contributed by atoms with van der Waals surface area (Å²) in [6.45, 7) is 1.96. The average molecular weight is 340 g/mol. The minimum atomic E-state index is -0.579. The van der Waals surface area contributed by atoms with E-state index in [-0.39, 0.29) is 6.61 Å². The van der Waals surface area contributed by atoms with Crippen molar-refractivity contribution in [1.82, 2.24) is 0 Å². The molecular weight excluding hydrogens is 326 g/mol. The molecular formula is C15H14ClNO4S. The maximum absolute atomic E-state index is 11.8. The van der Waals surface area contributed by atoms with Gasteiger partial charge in [0.05, 0.1) is 16.6 Å². The fraction of sp³-hybridized carbons (Fsp3) is 0.200. The molecule has 1 N–H and O–H groups in total. The average Bonchev–Trinajstić information content (AvgIpc) is 2.94. The van der Waals surface area contributed by atoms with E-state index in [1.54, 1.807) is 36.4 Å². The van der Waals surface area contributed by atoms with Crippen molar-refractivity contribution in [2.75, 3.05) is 18.5 Å². The van der Waals surface area contributed by atoms with Gasteiger partial charge in [0, 0.05) is 0 Å². The van der Waals surface area contributed by atoms with Gasteiger partial charge in [-0.05, 0) is 31.2 Å². The quantitative estimate of drug-likeness (QED) is 0.817. The molecule has 22 heavy (non-hydrogen) atoms. The number of carbonyl (C=O) groups is 2. The van der Waals surface area contributed by atoms with Gasteiger partial charge in [-0.1, -0.05) is 23.7 Å². The smallest absolute Gasteiger partial charge is 0.348 e. The summed E-state index contributed by atoms with van der Waals surface area (Å²) in [5.74, 6) is -0.456. The zero-order valence-electron chi connectivity index (χ0n) is 11.8. The topological polar surface area (TPSA) is 64.6 Å². The highest BCUT2D eigenvalue weighted by Crippen LogP contribution is 2.24. The maximum atomic E-state index is 11.8. The lowest BCUT2D eigenvalue weighted by Crippen LogP contribution is -2.21. The number of hydrogen-bond donors (Lipinski definition) is 1. The van der Waals surface area contributed by atoms with Crippen LogP contribution in [0.4, 0.5) is 5.69 Å². The third kappa shape index (κ3) is 4.47. The van der Waals surface area contributed by atoms with Crippen molar-refractivity contribution >= 4 is 40.5 Å². The van der Waals surface area contributed by atoms with Gasteiger partial charge in [0.15, 0.2) is 6.61 Å². The molecule has 7 heteroatoms. The van der Waals surface area contributed by atoms with Gasteiger partial charge in [0.1, 0.15) is 10.6 Å². The monoisotopic (exact) mass is 339 g/mol. The second-order valence-corrected chi connectivity index (χ2v) is 5.87. The first-order valence-electron chi connectivity index (χ1n) is 6.54. The van der Waals surface area contributed by atoms with Gasteiger partial charge in [-0.25, -0.2) is 4.79 Å². The van der Waals surface area contributed by atoms with Crippen LogP contribution in [0.15, 0.2) is 36.4 Å². The van der Waals surface area contributed by atoms with E-state index in [2.05, 4.69) is 5.32 Å². The fourth-order valence-corrected chi connectivity index (χ4v) is 2.60. The molecule has 1 aromatic carbocycles. The Hall–Kier alpha value is -2.05. The summed E-state index contributed by atoms with van der Waals surface area (Å²) in [5.41, 5.74) is 0.532. The molecule has 0 unspecified atom stereocenters. The Morgan fingerprint density at radius 1 is 1.23 bits per heavy atom. The minimum Gasteiger partial charge on any atom is -0.492 e. The van der Waals surface area contributed by atoms with Crippen molar-refractivity contribution in [2.45, 2.75) is 6.92 Å². The number of nitrogens with one attached hydrogen (secondary N) is 1. The lowest BCUT2D eigenvalue weighted by Gasteiger charge is -2.11. The molecule has 0 atom stereocenters. The zero-order valence-corrected chi connectivity index (χ0v) is 13.4. The Labute approximate surface area is 136 Å². The number of ether oxygens (including phenoxy) is 2. The number of amides is 1. The summed E-state index contributed by atoms with van der Waals surface area (Å²) in [6.07, 6.45) is 0. The Balaban J connectivity index is 1.89. The summed E-state index contributed by atoms with van der Waals surface area (Å²) in [7, 11) is 0. The number of halogens is 1. The Kier molecular flexibility index (Phi) is 5.80. The molecule has 1 heterocycles. The molecule has 116 valence electrons. The Bertz CT molecular complexity index is 671. The predicted molar refractivity (Wildman–Crippen MR) is 85.9 cm³/mol. The van der Waals surface area contributed by atoms with Crippen LogP contribution in [-0.4, -0.2) is 25.1 Å². The van der Waals surface area contributed by atoms with Crippen LogP contribution in [0.3, 0.4) is 0 Å². The molecule has 2 rings (SSSR count). The molecule has 0 aliphatic heterocycles. The predicted octanol–water partition coefficient (Wildman–Crippen LogP) is 3.60. The van der Waals surface area contributed by atoms with Crippen LogP contribution in [0.25, 0.3) is 0 Å². The second kappa shape index (κ2) is 7.82. The molecule has 5 nitrogen and oxygen atoms in total. The highest BCUT2D eigenvalue weighted by molar-refractivity contribution is 7.17. The molecule has 0 radical (unpaired) electrons. The van der Waals surface area contributed by atoms with Gasteiger partial charge in [0.25, 0.3) is 5.91 Å². The van der Waals surface area contributed by atoms with Crippen LogP contribution in [0.2, 0.25) is 4.34 Å².